The van der Waals surface area contributed by atoms with E-state index in [4.69, 9.17) is 5.73 Å². The first-order chi connectivity index (χ1) is 7.72. The third-order valence-electron chi connectivity index (χ3n) is 3.22. The number of aromatic nitrogens is 1. The lowest BCUT2D eigenvalue weighted by Gasteiger charge is -2.17. The fraction of sp³-hybridized carbons (Fsp3) is 0.357. The molecule has 2 atom stereocenters. The van der Waals surface area contributed by atoms with Crippen LogP contribution in [0, 0.1) is 5.92 Å². The molecule has 1 aromatic heterocycles. The molecule has 0 fully saturated rings. The summed E-state index contributed by atoms with van der Waals surface area (Å²) in [5, 5.41) is 1.17. The summed E-state index contributed by atoms with van der Waals surface area (Å²) >= 11 is 0. The number of pyridine rings is 1. The van der Waals surface area contributed by atoms with Gasteiger partial charge in [0.25, 0.3) is 0 Å². The van der Waals surface area contributed by atoms with Gasteiger partial charge in [-0.3, -0.25) is 4.98 Å². The number of nitrogens with zero attached hydrogens (tertiary/aromatic N) is 1. The van der Waals surface area contributed by atoms with E-state index in [-0.39, 0.29) is 18.4 Å². The Bertz CT molecular complexity index is 484. The van der Waals surface area contributed by atoms with Crippen molar-refractivity contribution >= 4 is 23.3 Å². The maximum atomic E-state index is 6.18. The van der Waals surface area contributed by atoms with Crippen molar-refractivity contribution in [3.8, 4) is 0 Å². The number of fused-ring (bicyclic) bond motifs is 1. The van der Waals surface area contributed by atoms with Gasteiger partial charge in [0.1, 0.15) is 0 Å². The highest BCUT2D eigenvalue weighted by Crippen LogP contribution is 2.22. The normalized spacial score (nSPS) is 14.1. The summed E-state index contributed by atoms with van der Waals surface area (Å²) in [6.07, 6.45) is 1.08. The zero-order chi connectivity index (χ0) is 11.5. The minimum absolute atomic E-state index is 0. The lowest BCUT2D eigenvalue weighted by Crippen LogP contribution is -2.19. The maximum absolute atomic E-state index is 6.18. The Kier molecular flexibility index (Phi) is 4.91. The quantitative estimate of drug-likeness (QED) is 0.902. The summed E-state index contributed by atoms with van der Waals surface area (Å²) in [4.78, 5) is 4.62. The number of hydrogen-bond donors (Lipinski definition) is 1. The second kappa shape index (κ2) is 5.99. The van der Waals surface area contributed by atoms with Gasteiger partial charge in [0.05, 0.1) is 11.2 Å². The van der Waals surface area contributed by atoms with E-state index in [1.54, 1.807) is 0 Å². The molecule has 0 aliphatic heterocycles. The molecule has 0 aliphatic carbocycles. The van der Waals surface area contributed by atoms with Crippen LogP contribution in [-0.2, 0) is 0 Å². The molecule has 0 radical (unpaired) electrons. The molecule has 1 unspecified atom stereocenters. The molecule has 2 nitrogen and oxygen atoms in total. The first-order valence-corrected chi connectivity index (χ1v) is 5.83. The highest BCUT2D eigenvalue weighted by atomic mass is 35.5. The zero-order valence-electron chi connectivity index (χ0n) is 10.3. The molecule has 2 aromatic rings. The van der Waals surface area contributed by atoms with Gasteiger partial charge in [-0.15, -0.1) is 12.4 Å². The number of rotatable bonds is 3. The molecular formula is C14H19ClN2. The fourth-order valence-corrected chi connectivity index (χ4v) is 1.81. The molecule has 2 rings (SSSR count). The third-order valence-corrected chi connectivity index (χ3v) is 3.22. The van der Waals surface area contributed by atoms with Gasteiger partial charge < -0.3 is 5.73 Å². The van der Waals surface area contributed by atoms with E-state index in [9.17, 15) is 0 Å². The Morgan fingerprint density at radius 1 is 1.18 bits per heavy atom. The van der Waals surface area contributed by atoms with Crippen molar-refractivity contribution < 1.29 is 0 Å². The number of para-hydroxylation sites is 1. The summed E-state index contributed by atoms with van der Waals surface area (Å²) < 4.78 is 0. The highest BCUT2D eigenvalue weighted by molar-refractivity contribution is 5.85. The number of halogens is 1. The number of hydrogen-bond acceptors (Lipinski definition) is 2. The van der Waals surface area contributed by atoms with Crippen molar-refractivity contribution in [2.45, 2.75) is 26.3 Å². The van der Waals surface area contributed by atoms with Crippen molar-refractivity contribution in [2.75, 3.05) is 0 Å². The second-order valence-electron chi connectivity index (χ2n) is 4.34. The fourth-order valence-electron chi connectivity index (χ4n) is 1.81. The summed E-state index contributed by atoms with van der Waals surface area (Å²) in [5.41, 5.74) is 8.20. The van der Waals surface area contributed by atoms with Crippen molar-refractivity contribution in [1.82, 2.24) is 4.98 Å². The Labute approximate surface area is 109 Å². The molecule has 0 bridgehead atoms. The van der Waals surface area contributed by atoms with Gasteiger partial charge in [-0.05, 0) is 18.1 Å². The van der Waals surface area contributed by atoms with Gasteiger partial charge in [-0.25, -0.2) is 0 Å². The van der Waals surface area contributed by atoms with Crippen LogP contribution in [-0.4, -0.2) is 4.98 Å². The van der Waals surface area contributed by atoms with E-state index >= 15 is 0 Å². The smallest absolute Gasteiger partial charge is 0.0706 e. The average molecular weight is 251 g/mol. The van der Waals surface area contributed by atoms with Gasteiger partial charge in [0.15, 0.2) is 0 Å². The van der Waals surface area contributed by atoms with Crippen LogP contribution in [0.25, 0.3) is 10.9 Å². The Hall–Kier alpha value is -1.12. The van der Waals surface area contributed by atoms with Crippen molar-refractivity contribution in [1.29, 1.82) is 0 Å². The van der Waals surface area contributed by atoms with Crippen LogP contribution in [0.2, 0.25) is 0 Å². The highest BCUT2D eigenvalue weighted by Gasteiger charge is 2.14. The van der Waals surface area contributed by atoms with E-state index < -0.39 is 0 Å². The van der Waals surface area contributed by atoms with Crippen LogP contribution in [0.1, 0.15) is 32.0 Å². The van der Waals surface area contributed by atoms with E-state index in [1.165, 1.54) is 5.39 Å². The second-order valence-corrected chi connectivity index (χ2v) is 4.34. The SMILES string of the molecule is CCC(C)[C@H](N)c1ccc2ccccc2n1.Cl. The van der Waals surface area contributed by atoms with Crippen LogP contribution in [0.4, 0.5) is 0 Å². The average Bonchev–Trinajstić information content (AvgIpc) is 2.36. The Balaban J connectivity index is 0.00000144. The molecule has 0 aliphatic rings. The molecule has 0 amide bonds. The van der Waals surface area contributed by atoms with Crippen LogP contribution in [0.3, 0.4) is 0 Å². The van der Waals surface area contributed by atoms with Crippen LogP contribution in [0.15, 0.2) is 36.4 Å². The molecular weight excluding hydrogens is 232 g/mol. The minimum Gasteiger partial charge on any atom is -0.322 e. The summed E-state index contributed by atoms with van der Waals surface area (Å²) in [5.74, 6) is 0.466. The Morgan fingerprint density at radius 3 is 2.59 bits per heavy atom. The number of nitrogens with two attached hydrogens (primary N) is 1. The largest absolute Gasteiger partial charge is 0.322 e. The van der Waals surface area contributed by atoms with E-state index in [1.807, 2.05) is 24.3 Å². The van der Waals surface area contributed by atoms with Crippen molar-refractivity contribution in [3.63, 3.8) is 0 Å². The standard InChI is InChI=1S/C14H18N2.ClH/c1-3-10(2)14(15)13-9-8-11-6-4-5-7-12(11)16-13;/h4-10,14H,3,15H2,1-2H3;1H/t10?,14-;/m0./s1. The molecule has 17 heavy (non-hydrogen) atoms. The Morgan fingerprint density at radius 2 is 1.88 bits per heavy atom. The maximum Gasteiger partial charge on any atom is 0.0706 e. The summed E-state index contributed by atoms with van der Waals surface area (Å²) in [6, 6.07) is 12.3. The lowest BCUT2D eigenvalue weighted by molar-refractivity contribution is 0.449. The van der Waals surface area contributed by atoms with Gasteiger partial charge in [-0.2, -0.15) is 0 Å². The van der Waals surface area contributed by atoms with Gasteiger partial charge in [0.2, 0.25) is 0 Å². The topological polar surface area (TPSA) is 38.9 Å². The molecule has 2 N–H and O–H groups in total. The molecule has 1 heterocycles. The zero-order valence-corrected chi connectivity index (χ0v) is 11.1. The summed E-state index contributed by atoms with van der Waals surface area (Å²) in [6.45, 7) is 4.33. The van der Waals surface area contributed by atoms with E-state index in [0.29, 0.717) is 5.92 Å². The summed E-state index contributed by atoms with van der Waals surface area (Å²) in [7, 11) is 0. The van der Waals surface area contributed by atoms with Gasteiger partial charge in [-0.1, -0.05) is 44.5 Å². The molecule has 0 saturated heterocycles. The molecule has 92 valence electrons. The van der Waals surface area contributed by atoms with Crippen LogP contribution < -0.4 is 5.73 Å². The van der Waals surface area contributed by atoms with Gasteiger partial charge in [0, 0.05) is 11.4 Å². The van der Waals surface area contributed by atoms with Crippen molar-refractivity contribution in [2.24, 2.45) is 11.7 Å². The number of benzene rings is 1. The van der Waals surface area contributed by atoms with E-state index in [0.717, 1.165) is 17.6 Å². The van der Waals surface area contributed by atoms with Crippen molar-refractivity contribution in [3.05, 3.63) is 42.1 Å². The minimum atomic E-state index is 0. The van der Waals surface area contributed by atoms with Gasteiger partial charge >= 0.3 is 0 Å². The van der Waals surface area contributed by atoms with E-state index in [2.05, 4.69) is 31.0 Å². The molecule has 0 spiro atoms. The lowest BCUT2D eigenvalue weighted by atomic mass is 9.96. The molecule has 3 heteroatoms. The third kappa shape index (κ3) is 2.96. The molecule has 0 saturated carbocycles. The predicted octanol–water partition coefficient (Wildman–Crippen LogP) is 3.70. The first kappa shape index (κ1) is 13.9. The first-order valence-electron chi connectivity index (χ1n) is 5.83. The monoisotopic (exact) mass is 250 g/mol. The molecule has 1 aromatic carbocycles. The van der Waals surface area contributed by atoms with Crippen LogP contribution in [0.5, 0.6) is 0 Å². The predicted molar refractivity (Wildman–Crippen MR) is 75.4 cm³/mol. The van der Waals surface area contributed by atoms with Crippen LogP contribution >= 0.6 is 12.4 Å².